The van der Waals surface area contributed by atoms with E-state index in [9.17, 15) is 14.4 Å². The summed E-state index contributed by atoms with van der Waals surface area (Å²) in [6.45, 7) is 0. The zero-order valence-electron chi connectivity index (χ0n) is 20.2. The van der Waals surface area contributed by atoms with Crippen molar-refractivity contribution in [2.75, 3.05) is 0 Å². The smallest absolute Gasteiger partial charge is 0.320 e. The van der Waals surface area contributed by atoms with Crippen molar-refractivity contribution in [3.63, 3.8) is 0 Å². The van der Waals surface area contributed by atoms with Gasteiger partial charge in [-0.1, -0.05) is 72.8 Å². The number of carboxylic acids is 3. The van der Waals surface area contributed by atoms with Gasteiger partial charge in [0.2, 0.25) is 0 Å². The minimum absolute atomic E-state index is 0.160. The molecule has 0 saturated carbocycles. The summed E-state index contributed by atoms with van der Waals surface area (Å²) in [4.78, 5) is 31.2. The first kappa shape index (κ1) is 30.8. The number of phenolic OH excluding ortho intramolecular Hbond substituents is 1. The highest BCUT2D eigenvalue weighted by Crippen LogP contribution is 2.10. The summed E-state index contributed by atoms with van der Waals surface area (Å²) < 4.78 is 0. The standard InChI is InChI=1S/C9H11NO3.2C9H11NO2/c10-8(9(12)13)5-6-1-3-7(11)4-2-6;2*10-8(9(11)12)6-7-4-2-1-3-5-7/h1-4,8,11H,5,10H2,(H,12,13);2*1-5,8H,6,10H2,(H,11,12)/t3*8-/m000/s1. The summed E-state index contributed by atoms with van der Waals surface area (Å²) in [6.07, 6.45) is 1.04. The van der Waals surface area contributed by atoms with E-state index in [0.717, 1.165) is 16.7 Å². The minimum atomic E-state index is -1.02. The molecule has 3 atom stereocenters. The van der Waals surface area contributed by atoms with Gasteiger partial charge in [0.1, 0.15) is 23.9 Å². The number of carboxylic acid groups (broad SMARTS) is 3. The van der Waals surface area contributed by atoms with Crippen molar-refractivity contribution in [3.8, 4) is 5.75 Å². The van der Waals surface area contributed by atoms with Gasteiger partial charge in [-0.25, -0.2) is 0 Å². The summed E-state index contributed by atoms with van der Waals surface area (Å²) in [6, 6.07) is 22.5. The molecule has 10 nitrogen and oxygen atoms in total. The molecule has 0 radical (unpaired) electrons. The van der Waals surface area contributed by atoms with E-state index < -0.39 is 36.0 Å². The fraction of sp³-hybridized carbons (Fsp3) is 0.222. The van der Waals surface area contributed by atoms with Crippen LogP contribution in [0.4, 0.5) is 0 Å². The molecule has 0 aromatic heterocycles. The molecule has 10 heteroatoms. The van der Waals surface area contributed by atoms with Gasteiger partial charge in [0, 0.05) is 0 Å². The summed E-state index contributed by atoms with van der Waals surface area (Å²) in [5, 5.41) is 34.5. The van der Waals surface area contributed by atoms with Crippen molar-refractivity contribution in [3.05, 3.63) is 102 Å². The fourth-order valence-corrected chi connectivity index (χ4v) is 2.88. The molecule has 3 rings (SSSR count). The normalized spacial score (nSPS) is 12.4. The maximum absolute atomic E-state index is 10.4. The molecule has 0 bridgehead atoms. The third-order valence-corrected chi connectivity index (χ3v) is 4.94. The van der Waals surface area contributed by atoms with Crippen LogP contribution in [-0.4, -0.2) is 56.5 Å². The van der Waals surface area contributed by atoms with Gasteiger partial charge in [0.15, 0.2) is 0 Å². The van der Waals surface area contributed by atoms with Crippen molar-refractivity contribution in [1.29, 1.82) is 0 Å². The first-order valence-electron chi connectivity index (χ1n) is 11.3. The lowest BCUT2D eigenvalue weighted by molar-refractivity contribution is -0.139. The lowest BCUT2D eigenvalue weighted by Crippen LogP contribution is -2.32. The summed E-state index contributed by atoms with van der Waals surface area (Å²) in [5.74, 6) is -2.78. The van der Waals surface area contributed by atoms with Gasteiger partial charge in [-0.2, -0.15) is 0 Å². The van der Waals surface area contributed by atoms with Crippen LogP contribution >= 0.6 is 0 Å². The van der Waals surface area contributed by atoms with E-state index in [1.807, 2.05) is 60.7 Å². The average molecular weight is 512 g/mol. The number of hydrogen-bond donors (Lipinski definition) is 7. The van der Waals surface area contributed by atoms with Gasteiger partial charge in [-0.3, -0.25) is 14.4 Å². The molecule has 10 N–H and O–H groups in total. The van der Waals surface area contributed by atoms with Gasteiger partial charge in [0.05, 0.1) is 0 Å². The number of phenols is 1. The number of nitrogens with two attached hydrogens (primary N) is 3. The van der Waals surface area contributed by atoms with Gasteiger partial charge in [-0.05, 0) is 48.1 Å². The summed E-state index contributed by atoms with van der Waals surface area (Å²) in [7, 11) is 0. The van der Waals surface area contributed by atoms with E-state index >= 15 is 0 Å². The van der Waals surface area contributed by atoms with E-state index in [4.69, 9.17) is 37.6 Å². The monoisotopic (exact) mass is 511 g/mol. The molecule has 0 unspecified atom stereocenters. The van der Waals surface area contributed by atoms with Crippen LogP contribution in [0.5, 0.6) is 5.75 Å². The van der Waals surface area contributed by atoms with Crippen LogP contribution < -0.4 is 17.2 Å². The molecule has 3 aromatic carbocycles. The van der Waals surface area contributed by atoms with E-state index in [0.29, 0.717) is 12.8 Å². The van der Waals surface area contributed by atoms with E-state index in [1.165, 1.54) is 12.1 Å². The number of hydrogen-bond acceptors (Lipinski definition) is 7. The molecular formula is C27H33N3O7. The van der Waals surface area contributed by atoms with Crippen molar-refractivity contribution >= 4 is 17.9 Å². The number of aromatic hydroxyl groups is 1. The fourth-order valence-electron chi connectivity index (χ4n) is 2.88. The molecular weight excluding hydrogens is 478 g/mol. The molecule has 0 amide bonds. The van der Waals surface area contributed by atoms with Crippen LogP contribution in [0.25, 0.3) is 0 Å². The van der Waals surface area contributed by atoms with Gasteiger partial charge in [-0.15, -0.1) is 0 Å². The maximum atomic E-state index is 10.4. The van der Waals surface area contributed by atoms with Crippen molar-refractivity contribution in [2.45, 2.75) is 37.4 Å². The van der Waals surface area contributed by atoms with Gasteiger partial charge >= 0.3 is 17.9 Å². The van der Waals surface area contributed by atoms with Crippen LogP contribution in [0, 0.1) is 0 Å². The second kappa shape index (κ2) is 16.4. The molecule has 0 spiro atoms. The lowest BCUT2D eigenvalue weighted by atomic mass is 10.1. The molecule has 0 fully saturated rings. The van der Waals surface area contributed by atoms with Crippen LogP contribution in [0.2, 0.25) is 0 Å². The third kappa shape index (κ3) is 13.4. The van der Waals surface area contributed by atoms with E-state index in [1.54, 1.807) is 12.1 Å². The Hall–Kier alpha value is -4.25. The molecule has 0 saturated heterocycles. The number of aliphatic carboxylic acids is 3. The Balaban J connectivity index is 0.000000278. The summed E-state index contributed by atoms with van der Waals surface area (Å²) in [5.41, 5.74) is 18.7. The quantitative estimate of drug-likeness (QED) is 0.221. The largest absolute Gasteiger partial charge is 0.508 e. The predicted octanol–water partition coefficient (Wildman–Crippen LogP) is 1.63. The molecule has 0 aliphatic heterocycles. The Bertz CT molecular complexity index is 1040. The zero-order valence-corrected chi connectivity index (χ0v) is 20.2. The third-order valence-electron chi connectivity index (χ3n) is 4.94. The molecule has 3 aromatic rings. The molecule has 0 heterocycles. The lowest BCUT2D eigenvalue weighted by Gasteiger charge is -2.05. The second-order valence-corrected chi connectivity index (χ2v) is 8.08. The second-order valence-electron chi connectivity index (χ2n) is 8.08. The molecule has 0 aliphatic carbocycles. The first-order chi connectivity index (χ1) is 17.5. The number of rotatable bonds is 9. The highest BCUT2D eigenvalue weighted by molar-refractivity contribution is 5.74. The SMILES string of the molecule is N[C@@H](Cc1ccc(O)cc1)C(=O)O.N[C@@H](Cc1ccccc1)C(=O)O.N[C@@H](Cc1ccccc1)C(=O)O. The topological polar surface area (TPSA) is 210 Å². The Morgan fingerprint density at radius 1 is 0.514 bits per heavy atom. The first-order valence-corrected chi connectivity index (χ1v) is 11.3. The molecule has 0 aliphatic rings. The maximum Gasteiger partial charge on any atom is 0.320 e. The Labute approximate surface area is 215 Å². The number of carbonyl (C=O) groups is 3. The molecule has 198 valence electrons. The average Bonchev–Trinajstić information content (AvgIpc) is 2.87. The predicted molar refractivity (Wildman–Crippen MR) is 139 cm³/mol. The highest BCUT2D eigenvalue weighted by atomic mass is 16.4. The molecule has 37 heavy (non-hydrogen) atoms. The van der Waals surface area contributed by atoms with Gasteiger partial charge in [0.25, 0.3) is 0 Å². The van der Waals surface area contributed by atoms with Crippen molar-refractivity contribution in [1.82, 2.24) is 0 Å². The summed E-state index contributed by atoms with van der Waals surface area (Å²) >= 11 is 0. The highest BCUT2D eigenvalue weighted by Gasteiger charge is 2.12. The zero-order chi connectivity index (χ0) is 27.8. The Kier molecular flexibility index (Phi) is 13.7. The Morgan fingerprint density at radius 2 is 0.784 bits per heavy atom. The van der Waals surface area contributed by atoms with Crippen LogP contribution in [0.3, 0.4) is 0 Å². The Morgan fingerprint density at radius 3 is 1.05 bits per heavy atom. The number of benzene rings is 3. The minimum Gasteiger partial charge on any atom is -0.508 e. The van der Waals surface area contributed by atoms with Crippen LogP contribution in [-0.2, 0) is 33.6 Å². The van der Waals surface area contributed by atoms with E-state index in [-0.39, 0.29) is 12.2 Å². The van der Waals surface area contributed by atoms with Crippen LogP contribution in [0.1, 0.15) is 16.7 Å². The van der Waals surface area contributed by atoms with Gasteiger partial charge < -0.3 is 37.6 Å². The van der Waals surface area contributed by atoms with Crippen molar-refractivity contribution in [2.24, 2.45) is 17.2 Å². The van der Waals surface area contributed by atoms with E-state index in [2.05, 4.69) is 0 Å². The van der Waals surface area contributed by atoms with Crippen molar-refractivity contribution < 1.29 is 34.8 Å². The van der Waals surface area contributed by atoms with Crippen LogP contribution in [0.15, 0.2) is 84.9 Å².